The van der Waals surface area contributed by atoms with Crippen LogP contribution in [0, 0.1) is 5.92 Å². The van der Waals surface area contributed by atoms with Gasteiger partial charge in [-0.2, -0.15) is 0 Å². The van der Waals surface area contributed by atoms with E-state index in [1.165, 1.54) is 4.31 Å². The van der Waals surface area contributed by atoms with E-state index in [0.717, 1.165) is 24.9 Å². The summed E-state index contributed by atoms with van der Waals surface area (Å²) in [6.07, 6.45) is 1.50. The maximum atomic E-state index is 13.0. The fraction of sp³-hybridized carbons (Fsp3) is 0.632. The Balaban J connectivity index is 1.67. The number of benzene rings is 1. The van der Waals surface area contributed by atoms with Crippen LogP contribution in [0.25, 0.3) is 0 Å². The molecule has 26 heavy (non-hydrogen) atoms. The predicted molar refractivity (Wildman–Crippen MR) is 102 cm³/mol. The van der Waals surface area contributed by atoms with Crippen LogP contribution >= 0.6 is 0 Å². The molecule has 0 aliphatic carbocycles. The molecule has 1 aromatic rings. The average molecular weight is 380 g/mol. The maximum Gasteiger partial charge on any atom is 0.227 e. The molecule has 1 amide bonds. The largest absolute Gasteiger partial charge is 0.337 e. The van der Waals surface area contributed by atoms with Crippen LogP contribution in [0.5, 0.6) is 0 Å². The topological polar surface area (TPSA) is 69.7 Å². The van der Waals surface area contributed by atoms with Crippen LogP contribution in [0.1, 0.15) is 32.3 Å². The Morgan fingerprint density at radius 1 is 1.19 bits per heavy atom. The average Bonchev–Trinajstić information content (AvgIpc) is 2.64. The summed E-state index contributed by atoms with van der Waals surface area (Å²) in [7, 11) is -3.41. The molecule has 6 nitrogen and oxygen atoms in total. The van der Waals surface area contributed by atoms with Crippen LogP contribution in [-0.4, -0.2) is 61.8 Å². The number of nitrogens with one attached hydrogen (secondary N) is 1. The molecule has 2 aliphatic heterocycles. The third kappa shape index (κ3) is 4.27. The standard InChI is InChI=1S/C19H29N3O3S/c1-15-16(2)22(12-10-20-15)19(23)18-9-6-11-21(13-18)26(24,25)14-17-7-4-3-5-8-17/h3-5,7-8,15-16,18,20H,6,9-14H2,1-2H3. The van der Waals surface area contributed by atoms with E-state index in [0.29, 0.717) is 19.6 Å². The zero-order valence-corrected chi connectivity index (χ0v) is 16.4. The van der Waals surface area contributed by atoms with E-state index in [4.69, 9.17) is 0 Å². The lowest BCUT2D eigenvalue weighted by molar-refractivity contribution is -0.140. The van der Waals surface area contributed by atoms with Crippen molar-refractivity contribution in [3.8, 4) is 0 Å². The molecule has 7 heteroatoms. The molecule has 1 aromatic carbocycles. The van der Waals surface area contributed by atoms with Crippen molar-refractivity contribution >= 4 is 15.9 Å². The van der Waals surface area contributed by atoms with Crippen molar-refractivity contribution in [2.75, 3.05) is 26.2 Å². The molecular formula is C19H29N3O3S. The highest BCUT2D eigenvalue weighted by atomic mass is 32.2. The molecule has 2 fully saturated rings. The second-order valence-electron chi connectivity index (χ2n) is 7.45. The minimum Gasteiger partial charge on any atom is -0.337 e. The SMILES string of the molecule is CC1NCCN(C(=O)C2CCCN(S(=O)(=O)Cc3ccccc3)C2)C1C. The Bertz CT molecular complexity index is 723. The molecular weight excluding hydrogens is 350 g/mol. The molecule has 0 radical (unpaired) electrons. The summed E-state index contributed by atoms with van der Waals surface area (Å²) in [5.74, 6) is -0.136. The number of nitrogens with zero attached hydrogens (tertiary/aromatic N) is 2. The van der Waals surface area contributed by atoms with Gasteiger partial charge in [0.25, 0.3) is 0 Å². The number of hydrogen-bond acceptors (Lipinski definition) is 4. The summed E-state index contributed by atoms with van der Waals surface area (Å²) < 4.78 is 27.1. The first-order chi connectivity index (χ1) is 12.4. The monoisotopic (exact) mass is 379 g/mol. The molecule has 2 saturated heterocycles. The highest BCUT2D eigenvalue weighted by molar-refractivity contribution is 7.88. The summed E-state index contributed by atoms with van der Waals surface area (Å²) in [4.78, 5) is 14.9. The maximum absolute atomic E-state index is 13.0. The van der Waals surface area contributed by atoms with Crippen molar-refractivity contribution in [3.63, 3.8) is 0 Å². The molecule has 2 heterocycles. The highest BCUT2D eigenvalue weighted by Crippen LogP contribution is 2.24. The van der Waals surface area contributed by atoms with E-state index in [2.05, 4.69) is 19.2 Å². The number of amides is 1. The summed E-state index contributed by atoms with van der Waals surface area (Å²) >= 11 is 0. The zero-order chi connectivity index (χ0) is 18.7. The van der Waals surface area contributed by atoms with E-state index in [1.807, 2.05) is 35.2 Å². The fourth-order valence-corrected chi connectivity index (χ4v) is 5.49. The fourth-order valence-electron chi connectivity index (χ4n) is 3.87. The van der Waals surface area contributed by atoms with Crippen molar-refractivity contribution in [2.45, 2.75) is 44.5 Å². The lowest BCUT2D eigenvalue weighted by atomic mass is 9.96. The molecule has 144 valence electrons. The quantitative estimate of drug-likeness (QED) is 0.859. The van der Waals surface area contributed by atoms with Crippen molar-refractivity contribution in [1.82, 2.24) is 14.5 Å². The van der Waals surface area contributed by atoms with Gasteiger partial charge in [0.05, 0.1) is 11.7 Å². The molecule has 3 unspecified atom stereocenters. The Kier molecular flexibility index (Phi) is 5.99. The van der Waals surface area contributed by atoms with Crippen molar-refractivity contribution in [3.05, 3.63) is 35.9 Å². The van der Waals surface area contributed by atoms with Crippen LogP contribution in [0.4, 0.5) is 0 Å². The molecule has 0 saturated carbocycles. The van der Waals surface area contributed by atoms with Gasteiger partial charge in [-0.15, -0.1) is 0 Å². The molecule has 3 atom stereocenters. The van der Waals surface area contributed by atoms with Crippen LogP contribution in [0.15, 0.2) is 30.3 Å². The Morgan fingerprint density at radius 3 is 2.65 bits per heavy atom. The third-order valence-corrected chi connectivity index (χ3v) is 7.45. The summed E-state index contributed by atoms with van der Waals surface area (Å²) in [5, 5.41) is 3.38. The van der Waals surface area contributed by atoms with Crippen molar-refractivity contribution in [2.24, 2.45) is 5.92 Å². The summed E-state index contributed by atoms with van der Waals surface area (Å²) in [5.41, 5.74) is 0.783. The molecule has 2 aliphatic rings. The number of carbonyl (C=O) groups excluding carboxylic acids is 1. The van der Waals surface area contributed by atoms with E-state index in [1.54, 1.807) is 0 Å². The van der Waals surface area contributed by atoms with Crippen molar-refractivity contribution in [1.29, 1.82) is 0 Å². The first-order valence-electron chi connectivity index (χ1n) is 9.44. The van der Waals surface area contributed by atoms with Crippen LogP contribution in [-0.2, 0) is 20.6 Å². The lowest BCUT2D eigenvalue weighted by Crippen LogP contribution is -2.59. The summed E-state index contributed by atoms with van der Waals surface area (Å²) in [6, 6.07) is 9.62. The number of carbonyl (C=O) groups is 1. The second-order valence-corrected chi connectivity index (χ2v) is 9.42. The Morgan fingerprint density at radius 2 is 1.92 bits per heavy atom. The predicted octanol–water partition coefficient (Wildman–Crippen LogP) is 1.44. The number of hydrogen-bond donors (Lipinski definition) is 1. The van der Waals surface area contributed by atoms with Gasteiger partial charge < -0.3 is 10.2 Å². The van der Waals surface area contributed by atoms with Gasteiger partial charge in [-0.1, -0.05) is 30.3 Å². The van der Waals surface area contributed by atoms with Gasteiger partial charge >= 0.3 is 0 Å². The molecule has 1 N–H and O–H groups in total. The van der Waals surface area contributed by atoms with Crippen molar-refractivity contribution < 1.29 is 13.2 Å². The molecule has 0 spiro atoms. The van der Waals surface area contributed by atoms with E-state index < -0.39 is 10.0 Å². The lowest BCUT2D eigenvalue weighted by Gasteiger charge is -2.42. The van der Waals surface area contributed by atoms with Crippen LogP contribution in [0.2, 0.25) is 0 Å². The normalized spacial score (nSPS) is 28.1. The molecule has 3 rings (SSSR count). The minimum absolute atomic E-state index is 0.00415. The van der Waals surface area contributed by atoms with Gasteiger partial charge in [0, 0.05) is 38.3 Å². The minimum atomic E-state index is -3.41. The van der Waals surface area contributed by atoms with Crippen LogP contribution < -0.4 is 5.32 Å². The van der Waals surface area contributed by atoms with Gasteiger partial charge in [-0.3, -0.25) is 4.79 Å². The van der Waals surface area contributed by atoms with Crippen LogP contribution in [0.3, 0.4) is 0 Å². The number of piperidine rings is 1. The second kappa shape index (κ2) is 8.06. The Hall–Kier alpha value is -1.44. The van der Waals surface area contributed by atoms with Gasteiger partial charge in [-0.05, 0) is 32.3 Å². The molecule has 0 bridgehead atoms. The molecule has 0 aromatic heterocycles. The van der Waals surface area contributed by atoms with E-state index in [-0.39, 0.29) is 29.7 Å². The van der Waals surface area contributed by atoms with Gasteiger partial charge in [0.15, 0.2) is 0 Å². The van der Waals surface area contributed by atoms with E-state index in [9.17, 15) is 13.2 Å². The third-order valence-electron chi connectivity index (χ3n) is 5.64. The number of rotatable bonds is 4. The van der Waals surface area contributed by atoms with Gasteiger partial charge in [-0.25, -0.2) is 12.7 Å². The van der Waals surface area contributed by atoms with Gasteiger partial charge in [0.2, 0.25) is 15.9 Å². The number of sulfonamides is 1. The first kappa shape index (κ1) is 19.3. The van der Waals surface area contributed by atoms with Gasteiger partial charge in [0.1, 0.15) is 0 Å². The summed E-state index contributed by atoms with van der Waals surface area (Å²) in [6.45, 7) is 6.44. The number of piperazine rings is 1. The highest BCUT2D eigenvalue weighted by Gasteiger charge is 2.37. The smallest absolute Gasteiger partial charge is 0.227 e. The van der Waals surface area contributed by atoms with E-state index >= 15 is 0 Å². The zero-order valence-electron chi connectivity index (χ0n) is 15.6. The first-order valence-corrected chi connectivity index (χ1v) is 11.0. The Labute approximate surface area is 156 Å².